The summed E-state index contributed by atoms with van der Waals surface area (Å²) < 4.78 is 13.5. The van der Waals surface area contributed by atoms with Crippen LogP contribution in [0.2, 0.25) is 0 Å². The quantitative estimate of drug-likeness (QED) is 0.866. The van der Waals surface area contributed by atoms with E-state index in [0.717, 1.165) is 30.6 Å². The number of carbonyl (C=O) groups is 1. The zero-order valence-corrected chi connectivity index (χ0v) is 15.1. The first-order valence-corrected chi connectivity index (χ1v) is 9.16. The van der Waals surface area contributed by atoms with Gasteiger partial charge in [-0.15, -0.1) is 0 Å². The van der Waals surface area contributed by atoms with Crippen molar-refractivity contribution in [2.24, 2.45) is 11.7 Å². The van der Waals surface area contributed by atoms with Gasteiger partial charge in [0.2, 0.25) is 5.91 Å². The molecule has 1 aliphatic rings. The molecule has 138 valence electrons. The Hall–Kier alpha value is -2.40. The Morgan fingerprint density at radius 3 is 2.73 bits per heavy atom. The van der Waals surface area contributed by atoms with Gasteiger partial charge in [-0.2, -0.15) is 0 Å². The molecular formula is C21H26FN3O. The third kappa shape index (κ3) is 4.41. The fraction of sp³-hybridized carbons (Fsp3) is 0.381. The Balaban J connectivity index is 1.60. The maximum absolute atomic E-state index is 13.5. The first-order chi connectivity index (χ1) is 12.5. The lowest BCUT2D eigenvalue weighted by molar-refractivity contribution is -0.125. The number of nitrogens with two attached hydrogens (primary N) is 1. The summed E-state index contributed by atoms with van der Waals surface area (Å²) in [6.07, 6.45) is 1.88. The second kappa shape index (κ2) is 8.32. The smallest absolute Gasteiger partial charge is 0.225 e. The van der Waals surface area contributed by atoms with Crippen molar-refractivity contribution in [3.63, 3.8) is 0 Å². The maximum atomic E-state index is 13.5. The molecule has 1 aliphatic heterocycles. The first kappa shape index (κ1) is 18.4. The van der Waals surface area contributed by atoms with E-state index in [1.54, 1.807) is 6.07 Å². The van der Waals surface area contributed by atoms with Crippen LogP contribution in [0.4, 0.5) is 10.1 Å². The molecule has 1 heterocycles. The second-order valence-electron chi connectivity index (χ2n) is 7.00. The highest BCUT2D eigenvalue weighted by Gasteiger charge is 2.27. The number of amides is 1. The molecule has 0 spiro atoms. The lowest BCUT2D eigenvalue weighted by Gasteiger charge is -2.35. The molecule has 26 heavy (non-hydrogen) atoms. The summed E-state index contributed by atoms with van der Waals surface area (Å²) in [4.78, 5) is 14.8. The Morgan fingerprint density at radius 2 is 2.00 bits per heavy atom. The third-order valence-corrected chi connectivity index (χ3v) is 5.08. The maximum Gasteiger partial charge on any atom is 0.225 e. The zero-order chi connectivity index (χ0) is 18.5. The van der Waals surface area contributed by atoms with Crippen LogP contribution < -0.4 is 16.0 Å². The minimum absolute atomic E-state index is 0.0348. The molecular weight excluding hydrogens is 329 g/mol. The van der Waals surface area contributed by atoms with Gasteiger partial charge >= 0.3 is 0 Å². The summed E-state index contributed by atoms with van der Waals surface area (Å²) in [6, 6.07) is 16.0. The zero-order valence-electron chi connectivity index (χ0n) is 15.1. The van der Waals surface area contributed by atoms with Gasteiger partial charge in [-0.05, 0) is 36.6 Å². The molecule has 1 saturated heterocycles. The van der Waals surface area contributed by atoms with Gasteiger partial charge in [0.1, 0.15) is 5.82 Å². The average molecular weight is 355 g/mol. The van der Waals surface area contributed by atoms with E-state index in [-0.39, 0.29) is 29.7 Å². The highest BCUT2D eigenvalue weighted by Crippen LogP contribution is 2.22. The standard InChI is InChI=1S/C21H26FN3O/c1-15(20(23)16-7-3-2-4-8-16)21(26)24-18-10-6-12-25(14-18)19-11-5-9-17(22)13-19/h2-5,7-9,11,13,15,18,20H,6,10,12,14,23H2,1H3,(H,24,26). The number of piperidine rings is 1. The number of anilines is 1. The molecule has 0 bridgehead atoms. The molecule has 4 nitrogen and oxygen atoms in total. The molecule has 0 aliphatic carbocycles. The fourth-order valence-electron chi connectivity index (χ4n) is 3.46. The van der Waals surface area contributed by atoms with E-state index >= 15 is 0 Å². The van der Waals surface area contributed by atoms with Crippen LogP contribution in [0.15, 0.2) is 54.6 Å². The molecule has 3 atom stereocenters. The molecule has 0 radical (unpaired) electrons. The number of hydrogen-bond acceptors (Lipinski definition) is 3. The van der Waals surface area contributed by atoms with Crippen LogP contribution in [0, 0.1) is 11.7 Å². The Morgan fingerprint density at radius 1 is 1.23 bits per heavy atom. The van der Waals surface area contributed by atoms with Crippen molar-refractivity contribution >= 4 is 11.6 Å². The van der Waals surface area contributed by atoms with Crippen molar-refractivity contribution in [2.75, 3.05) is 18.0 Å². The summed E-state index contributed by atoms with van der Waals surface area (Å²) in [6.45, 7) is 3.41. The number of carbonyl (C=O) groups excluding carboxylic acids is 1. The molecule has 2 aromatic rings. The van der Waals surface area contributed by atoms with Crippen LogP contribution in [0.5, 0.6) is 0 Å². The summed E-state index contributed by atoms with van der Waals surface area (Å²) in [5.41, 5.74) is 8.08. The van der Waals surface area contributed by atoms with Crippen LogP contribution in [-0.4, -0.2) is 25.0 Å². The van der Waals surface area contributed by atoms with Gasteiger partial charge in [-0.25, -0.2) is 4.39 Å². The minimum atomic E-state index is -0.334. The van der Waals surface area contributed by atoms with Gasteiger partial charge in [0.15, 0.2) is 0 Å². The SMILES string of the molecule is CC(C(=O)NC1CCCN(c2cccc(F)c2)C1)C(N)c1ccccc1. The number of nitrogens with one attached hydrogen (secondary N) is 1. The molecule has 5 heteroatoms. The van der Waals surface area contributed by atoms with E-state index in [4.69, 9.17) is 5.73 Å². The van der Waals surface area contributed by atoms with Crippen molar-refractivity contribution in [3.05, 3.63) is 66.0 Å². The Bertz CT molecular complexity index is 737. The van der Waals surface area contributed by atoms with Crippen LogP contribution in [0.25, 0.3) is 0 Å². The lowest BCUT2D eigenvalue weighted by atomic mass is 9.94. The molecule has 2 aromatic carbocycles. The van der Waals surface area contributed by atoms with E-state index in [0.29, 0.717) is 6.54 Å². The number of hydrogen-bond donors (Lipinski definition) is 2. The number of rotatable bonds is 5. The van der Waals surface area contributed by atoms with Crippen molar-refractivity contribution in [1.29, 1.82) is 0 Å². The third-order valence-electron chi connectivity index (χ3n) is 5.08. The van der Waals surface area contributed by atoms with Gasteiger partial charge < -0.3 is 16.0 Å². The molecule has 1 fully saturated rings. The Labute approximate surface area is 154 Å². The van der Waals surface area contributed by atoms with Crippen LogP contribution >= 0.6 is 0 Å². The Kier molecular flexibility index (Phi) is 5.89. The summed E-state index contributed by atoms with van der Waals surface area (Å²) in [7, 11) is 0. The number of nitrogens with zero attached hydrogens (tertiary/aromatic N) is 1. The van der Waals surface area contributed by atoms with Crippen LogP contribution in [0.3, 0.4) is 0 Å². The average Bonchev–Trinajstić information content (AvgIpc) is 2.67. The topological polar surface area (TPSA) is 58.4 Å². The van der Waals surface area contributed by atoms with Crippen molar-refractivity contribution in [3.8, 4) is 0 Å². The van der Waals surface area contributed by atoms with Gasteiger partial charge in [0.05, 0.1) is 5.92 Å². The number of halogens is 1. The second-order valence-corrected chi connectivity index (χ2v) is 7.00. The lowest BCUT2D eigenvalue weighted by Crippen LogP contribution is -2.50. The van der Waals surface area contributed by atoms with E-state index in [1.807, 2.05) is 43.3 Å². The van der Waals surface area contributed by atoms with Gasteiger partial charge in [0, 0.05) is 30.9 Å². The van der Waals surface area contributed by atoms with Gasteiger partial charge in [-0.3, -0.25) is 4.79 Å². The van der Waals surface area contributed by atoms with Crippen LogP contribution in [0.1, 0.15) is 31.4 Å². The summed E-state index contributed by atoms with van der Waals surface area (Å²) in [5, 5.41) is 3.13. The van der Waals surface area contributed by atoms with Crippen molar-refractivity contribution in [1.82, 2.24) is 5.32 Å². The van der Waals surface area contributed by atoms with E-state index in [9.17, 15) is 9.18 Å². The molecule has 1 amide bonds. The van der Waals surface area contributed by atoms with Crippen molar-refractivity contribution in [2.45, 2.75) is 31.8 Å². The largest absolute Gasteiger partial charge is 0.369 e. The summed E-state index contributed by atoms with van der Waals surface area (Å²) >= 11 is 0. The predicted molar refractivity (Wildman–Crippen MR) is 102 cm³/mol. The van der Waals surface area contributed by atoms with E-state index < -0.39 is 0 Å². The molecule has 0 aromatic heterocycles. The van der Waals surface area contributed by atoms with Crippen LogP contribution in [-0.2, 0) is 4.79 Å². The highest BCUT2D eigenvalue weighted by atomic mass is 19.1. The van der Waals surface area contributed by atoms with E-state index in [1.165, 1.54) is 12.1 Å². The minimum Gasteiger partial charge on any atom is -0.369 e. The van der Waals surface area contributed by atoms with Gasteiger partial charge in [-0.1, -0.05) is 43.3 Å². The predicted octanol–water partition coefficient (Wildman–Crippen LogP) is 3.25. The summed E-state index contributed by atoms with van der Waals surface area (Å²) in [5.74, 6) is -0.592. The molecule has 3 unspecified atom stereocenters. The highest BCUT2D eigenvalue weighted by molar-refractivity contribution is 5.79. The molecule has 3 N–H and O–H groups in total. The fourth-order valence-corrected chi connectivity index (χ4v) is 3.46. The molecule has 3 rings (SSSR count). The monoisotopic (exact) mass is 355 g/mol. The van der Waals surface area contributed by atoms with Gasteiger partial charge in [0.25, 0.3) is 0 Å². The normalized spacial score (nSPS) is 19.7. The number of benzene rings is 2. The van der Waals surface area contributed by atoms with Crippen molar-refractivity contribution < 1.29 is 9.18 Å². The van der Waals surface area contributed by atoms with E-state index in [2.05, 4.69) is 10.2 Å². The first-order valence-electron chi connectivity index (χ1n) is 9.16. The molecule has 0 saturated carbocycles.